The molecule has 0 aromatic carbocycles. The predicted octanol–water partition coefficient (Wildman–Crippen LogP) is 2.58. The SMILES string of the molecule is Cc1cc(C)nc(Sc2nccc(C(=N)N)c2Cl)n1. The Morgan fingerprint density at radius 3 is 2.53 bits per heavy atom. The van der Waals surface area contributed by atoms with Crippen molar-refractivity contribution in [1.82, 2.24) is 15.0 Å². The van der Waals surface area contributed by atoms with Gasteiger partial charge in [0.05, 0.1) is 5.02 Å². The Balaban J connectivity index is 2.38. The van der Waals surface area contributed by atoms with Crippen LogP contribution in [0.15, 0.2) is 28.5 Å². The van der Waals surface area contributed by atoms with Gasteiger partial charge in [-0.25, -0.2) is 15.0 Å². The van der Waals surface area contributed by atoms with Gasteiger partial charge in [0.2, 0.25) is 0 Å². The van der Waals surface area contributed by atoms with Gasteiger partial charge >= 0.3 is 0 Å². The molecule has 0 saturated heterocycles. The van der Waals surface area contributed by atoms with Crippen LogP contribution < -0.4 is 5.73 Å². The first-order valence-electron chi connectivity index (χ1n) is 5.46. The fourth-order valence-electron chi connectivity index (χ4n) is 1.53. The van der Waals surface area contributed by atoms with Gasteiger partial charge in [-0.05, 0) is 37.7 Å². The molecule has 0 aliphatic heterocycles. The van der Waals surface area contributed by atoms with Crippen LogP contribution in [0.2, 0.25) is 5.02 Å². The van der Waals surface area contributed by atoms with Crippen molar-refractivity contribution in [2.24, 2.45) is 5.73 Å². The van der Waals surface area contributed by atoms with Gasteiger partial charge in [-0.2, -0.15) is 0 Å². The Morgan fingerprint density at radius 1 is 1.32 bits per heavy atom. The first-order valence-corrected chi connectivity index (χ1v) is 6.66. The molecule has 0 saturated carbocycles. The second kappa shape index (κ2) is 5.54. The topological polar surface area (TPSA) is 88.5 Å². The summed E-state index contributed by atoms with van der Waals surface area (Å²) in [4.78, 5) is 12.8. The molecule has 2 aromatic heterocycles. The maximum absolute atomic E-state index is 7.45. The number of amidine groups is 1. The predicted molar refractivity (Wildman–Crippen MR) is 75.9 cm³/mol. The standard InChI is InChI=1S/C12H12ClN5S/c1-6-5-7(2)18-12(17-6)19-11-9(13)8(10(14)15)3-4-16-11/h3-5H,1-2H3,(H3,14,15). The summed E-state index contributed by atoms with van der Waals surface area (Å²) in [5.74, 6) is -0.0874. The number of aromatic nitrogens is 3. The van der Waals surface area contributed by atoms with E-state index in [9.17, 15) is 0 Å². The van der Waals surface area contributed by atoms with Crippen molar-refractivity contribution in [3.63, 3.8) is 0 Å². The summed E-state index contributed by atoms with van der Waals surface area (Å²) < 4.78 is 0. The number of halogens is 1. The minimum absolute atomic E-state index is 0.0874. The Bertz CT molecular complexity index is 624. The fourth-order valence-corrected chi connectivity index (χ4v) is 2.72. The molecule has 0 aliphatic carbocycles. The van der Waals surface area contributed by atoms with Gasteiger partial charge in [0, 0.05) is 23.1 Å². The number of nitrogen functional groups attached to an aromatic ring is 1. The van der Waals surface area contributed by atoms with E-state index in [1.54, 1.807) is 12.3 Å². The zero-order valence-electron chi connectivity index (χ0n) is 10.4. The first-order chi connectivity index (χ1) is 8.97. The summed E-state index contributed by atoms with van der Waals surface area (Å²) >= 11 is 7.43. The lowest BCUT2D eigenvalue weighted by Gasteiger charge is -2.07. The fraction of sp³-hybridized carbons (Fsp3) is 0.167. The molecule has 2 aromatic rings. The summed E-state index contributed by atoms with van der Waals surface area (Å²) in [5.41, 5.74) is 7.68. The molecule has 7 heteroatoms. The lowest BCUT2D eigenvalue weighted by Crippen LogP contribution is -2.12. The monoisotopic (exact) mass is 293 g/mol. The third kappa shape index (κ3) is 3.21. The highest BCUT2D eigenvalue weighted by Crippen LogP contribution is 2.31. The average molecular weight is 294 g/mol. The molecule has 0 amide bonds. The Hall–Kier alpha value is -1.66. The lowest BCUT2D eigenvalue weighted by molar-refractivity contribution is 0.899. The Morgan fingerprint density at radius 2 is 1.95 bits per heavy atom. The first kappa shape index (κ1) is 13.8. The maximum Gasteiger partial charge on any atom is 0.194 e. The van der Waals surface area contributed by atoms with E-state index in [0.29, 0.717) is 20.8 Å². The molecule has 5 nitrogen and oxygen atoms in total. The molecule has 0 unspecified atom stereocenters. The largest absolute Gasteiger partial charge is 0.384 e. The second-order valence-corrected chi connectivity index (χ2v) is 5.26. The summed E-state index contributed by atoms with van der Waals surface area (Å²) in [6, 6.07) is 3.50. The number of rotatable bonds is 3. The van der Waals surface area contributed by atoms with Gasteiger partial charge in [-0.3, -0.25) is 5.41 Å². The molecule has 0 bridgehead atoms. The zero-order valence-corrected chi connectivity index (χ0v) is 12.0. The molecule has 0 spiro atoms. The summed E-state index contributed by atoms with van der Waals surface area (Å²) in [6.45, 7) is 3.81. The smallest absolute Gasteiger partial charge is 0.194 e. The van der Waals surface area contributed by atoms with E-state index in [-0.39, 0.29) is 5.84 Å². The normalized spacial score (nSPS) is 10.5. The highest BCUT2D eigenvalue weighted by Gasteiger charge is 2.12. The number of nitrogens with two attached hydrogens (primary N) is 1. The van der Waals surface area contributed by atoms with Gasteiger partial charge in [0.25, 0.3) is 0 Å². The molecule has 0 aliphatic rings. The molecule has 19 heavy (non-hydrogen) atoms. The van der Waals surface area contributed by atoms with E-state index in [0.717, 1.165) is 11.4 Å². The number of nitrogens with one attached hydrogen (secondary N) is 1. The number of pyridine rings is 1. The van der Waals surface area contributed by atoms with E-state index >= 15 is 0 Å². The quantitative estimate of drug-likeness (QED) is 0.516. The van der Waals surface area contributed by atoms with Crippen molar-refractivity contribution in [1.29, 1.82) is 5.41 Å². The van der Waals surface area contributed by atoms with Crippen molar-refractivity contribution >= 4 is 29.2 Å². The molecule has 0 radical (unpaired) electrons. The third-order valence-electron chi connectivity index (χ3n) is 2.30. The third-order valence-corrected chi connectivity index (χ3v) is 3.66. The lowest BCUT2D eigenvalue weighted by atomic mass is 10.2. The van der Waals surface area contributed by atoms with Crippen LogP contribution in [0.25, 0.3) is 0 Å². The number of aryl methyl sites for hydroxylation is 2. The van der Waals surface area contributed by atoms with E-state index in [1.807, 2.05) is 19.9 Å². The van der Waals surface area contributed by atoms with Crippen LogP contribution in [-0.2, 0) is 0 Å². The van der Waals surface area contributed by atoms with Gasteiger partial charge in [-0.15, -0.1) is 0 Å². The van der Waals surface area contributed by atoms with Crippen molar-refractivity contribution in [3.8, 4) is 0 Å². The van der Waals surface area contributed by atoms with E-state index in [4.69, 9.17) is 22.7 Å². The van der Waals surface area contributed by atoms with Crippen LogP contribution in [0.3, 0.4) is 0 Å². The molecule has 3 N–H and O–H groups in total. The van der Waals surface area contributed by atoms with Crippen molar-refractivity contribution < 1.29 is 0 Å². The molecule has 98 valence electrons. The van der Waals surface area contributed by atoms with Gasteiger partial charge in [-0.1, -0.05) is 11.6 Å². The van der Waals surface area contributed by atoms with Crippen LogP contribution >= 0.6 is 23.4 Å². The molecule has 2 heterocycles. The van der Waals surface area contributed by atoms with Crippen LogP contribution in [0.5, 0.6) is 0 Å². The van der Waals surface area contributed by atoms with Gasteiger partial charge < -0.3 is 5.73 Å². The van der Waals surface area contributed by atoms with Crippen LogP contribution in [0, 0.1) is 19.3 Å². The van der Waals surface area contributed by atoms with Crippen molar-refractivity contribution in [2.75, 3.05) is 0 Å². The maximum atomic E-state index is 7.45. The highest BCUT2D eigenvalue weighted by molar-refractivity contribution is 7.99. The van der Waals surface area contributed by atoms with Crippen molar-refractivity contribution in [2.45, 2.75) is 24.0 Å². The second-order valence-electron chi connectivity index (χ2n) is 3.93. The number of hydrogen-bond acceptors (Lipinski definition) is 5. The van der Waals surface area contributed by atoms with Crippen LogP contribution in [-0.4, -0.2) is 20.8 Å². The summed E-state index contributed by atoms with van der Waals surface area (Å²) in [6.07, 6.45) is 1.56. The highest BCUT2D eigenvalue weighted by atomic mass is 35.5. The van der Waals surface area contributed by atoms with Gasteiger partial charge in [0.1, 0.15) is 10.9 Å². The summed E-state index contributed by atoms with van der Waals surface area (Å²) in [5, 5.41) is 8.91. The van der Waals surface area contributed by atoms with Crippen LogP contribution in [0.4, 0.5) is 0 Å². The van der Waals surface area contributed by atoms with E-state index in [1.165, 1.54) is 11.8 Å². The Kier molecular flexibility index (Phi) is 4.01. The minimum atomic E-state index is -0.0874. The molecule has 2 rings (SSSR count). The summed E-state index contributed by atoms with van der Waals surface area (Å²) in [7, 11) is 0. The molecular weight excluding hydrogens is 282 g/mol. The van der Waals surface area contributed by atoms with Crippen LogP contribution in [0.1, 0.15) is 17.0 Å². The van der Waals surface area contributed by atoms with Crippen molar-refractivity contribution in [3.05, 3.63) is 40.3 Å². The van der Waals surface area contributed by atoms with E-state index < -0.39 is 0 Å². The zero-order chi connectivity index (χ0) is 14.0. The Labute approximate surface area is 120 Å². The number of hydrogen-bond donors (Lipinski definition) is 2. The number of nitrogens with zero attached hydrogens (tertiary/aromatic N) is 3. The van der Waals surface area contributed by atoms with E-state index in [2.05, 4.69) is 15.0 Å². The minimum Gasteiger partial charge on any atom is -0.384 e. The molecule has 0 fully saturated rings. The van der Waals surface area contributed by atoms with Gasteiger partial charge in [0.15, 0.2) is 5.16 Å². The molecule has 0 atom stereocenters. The molecular formula is C12H12ClN5S. The average Bonchev–Trinajstić information content (AvgIpc) is 2.30.